The predicted molar refractivity (Wildman–Crippen MR) is 55.5 cm³/mol. The monoisotopic (exact) mass is 194 g/mol. The Balaban J connectivity index is 2.42. The van der Waals surface area contributed by atoms with Crippen molar-refractivity contribution in [2.75, 3.05) is 0 Å². The average molecular weight is 194 g/mol. The topological polar surface area (TPSA) is 17.1 Å². The van der Waals surface area contributed by atoms with Gasteiger partial charge in [0, 0.05) is 21.2 Å². The molecule has 2 rings (SSSR count). The summed E-state index contributed by atoms with van der Waals surface area (Å²) in [5.74, 6) is 0.601. The summed E-state index contributed by atoms with van der Waals surface area (Å²) in [6.07, 6.45) is 3.20. The summed E-state index contributed by atoms with van der Waals surface area (Å²) in [5.41, 5.74) is 1.01. The molecule has 0 radical (unpaired) electrons. The van der Waals surface area contributed by atoms with Crippen molar-refractivity contribution in [3.8, 4) is 0 Å². The molecule has 0 saturated carbocycles. The molecule has 1 unspecified atom stereocenters. The first-order chi connectivity index (χ1) is 6.22. The van der Waals surface area contributed by atoms with Crippen LogP contribution in [0.3, 0.4) is 0 Å². The Bertz CT molecular complexity index is 338. The predicted octanol–water partition coefficient (Wildman–Crippen LogP) is 3.08. The van der Waals surface area contributed by atoms with Gasteiger partial charge in [0.2, 0.25) is 0 Å². The van der Waals surface area contributed by atoms with Gasteiger partial charge in [0.15, 0.2) is 5.78 Å². The van der Waals surface area contributed by atoms with Crippen LogP contribution in [0.4, 0.5) is 0 Å². The van der Waals surface area contributed by atoms with Crippen molar-refractivity contribution in [1.82, 2.24) is 0 Å². The number of Topliss-reactive ketones (excluding diaryl/α,β-unsaturated/α-hetero) is 1. The maximum atomic E-state index is 11.8. The van der Waals surface area contributed by atoms with E-state index in [0.29, 0.717) is 5.78 Å². The fourth-order valence-corrected chi connectivity index (χ4v) is 2.92. The second-order valence-electron chi connectivity index (χ2n) is 3.71. The Morgan fingerprint density at radius 2 is 2.38 bits per heavy atom. The smallest absolute Gasteiger partial charge is 0.166 e. The minimum absolute atomic E-state index is 0.242. The van der Waals surface area contributed by atoms with Crippen LogP contribution in [0.25, 0.3) is 0 Å². The number of rotatable bonds is 1. The van der Waals surface area contributed by atoms with Crippen LogP contribution in [0.1, 0.15) is 40.4 Å². The van der Waals surface area contributed by atoms with Gasteiger partial charge in [-0.05, 0) is 25.3 Å². The molecular weight excluding hydrogens is 180 g/mol. The van der Waals surface area contributed by atoms with Crippen molar-refractivity contribution in [2.24, 2.45) is 5.92 Å². The van der Waals surface area contributed by atoms with E-state index in [0.717, 1.165) is 24.8 Å². The normalized spacial score (nSPS) is 21.7. The third-order valence-corrected chi connectivity index (χ3v) is 4.07. The van der Waals surface area contributed by atoms with Crippen LogP contribution in [0.5, 0.6) is 0 Å². The van der Waals surface area contributed by atoms with Gasteiger partial charge in [-0.25, -0.2) is 0 Å². The minimum Gasteiger partial charge on any atom is -0.294 e. The van der Waals surface area contributed by atoms with Gasteiger partial charge < -0.3 is 0 Å². The van der Waals surface area contributed by atoms with Gasteiger partial charge in [-0.3, -0.25) is 4.79 Å². The highest BCUT2D eigenvalue weighted by molar-refractivity contribution is 7.12. The maximum Gasteiger partial charge on any atom is 0.166 e. The Morgan fingerprint density at radius 3 is 3.08 bits per heavy atom. The molecule has 0 amide bonds. The largest absolute Gasteiger partial charge is 0.294 e. The Labute approximate surface area is 82.8 Å². The number of hydrogen-bond acceptors (Lipinski definition) is 2. The van der Waals surface area contributed by atoms with Crippen molar-refractivity contribution >= 4 is 17.1 Å². The third kappa shape index (κ3) is 1.44. The second-order valence-corrected chi connectivity index (χ2v) is 4.93. The number of aryl methyl sites for hydroxylation is 2. The summed E-state index contributed by atoms with van der Waals surface area (Å²) < 4.78 is 0. The lowest BCUT2D eigenvalue weighted by molar-refractivity contribution is 0.0915. The van der Waals surface area contributed by atoms with E-state index in [2.05, 4.69) is 13.0 Å². The second kappa shape index (κ2) is 3.26. The van der Waals surface area contributed by atoms with Gasteiger partial charge in [0.25, 0.3) is 0 Å². The van der Waals surface area contributed by atoms with Crippen LogP contribution in [0.2, 0.25) is 0 Å². The fraction of sp³-hybridized carbons (Fsp3) is 0.545. The van der Waals surface area contributed by atoms with E-state index >= 15 is 0 Å². The van der Waals surface area contributed by atoms with Crippen molar-refractivity contribution in [3.05, 3.63) is 21.4 Å². The highest BCUT2D eigenvalue weighted by atomic mass is 32.1. The summed E-state index contributed by atoms with van der Waals surface area (Å²) in [7, 11) is 0. The standard InChI is InChI=1S/C11H14OS/c1-3-8-6-9-10(13-8)5-4-7(2)11(9)12/h6-7H,3-5H2,1-2H3. The molecule has 0 spiro atoms. The number of hydrogen-bond donors (Lipinski definition) is 0. The summed E-state index contributed by atoms with van der Waals surface area (Å²) in [5, 5.41) is 0. The lowest BCUT2D eigenvalue weighted by Crippen LogP contribution is -2.17. The van der Waals surface area contributed by atoms with Crippen molar-refractivity contribution in [3.63, 3.8) is 0 Å². The minimum atomic E-state index is 0.242. The van der Waals surface area contributed by atoms with Crippen LogP contribution in [-0.2, 0) is 12.8 Å². The molecule has 0 fully saturated rings. The summed E-state index contributed by atoms with van der Waals surface area (Å²) >= 11 is 1.82. The van der Waals surface area contributed by atoms with E-state index in [1.54, 1.807) is 0 Å². The first-order valence-electron chi connectivity index (χ1n) is 4.88. The molecule has 70 valence electrons. The lowest BCUT2D eigenvalue weighted by Gasteiger charge is -2.15. The number of ketones is 1. The zero-order chi connectivity index (χ0) is 9.42. The van der Waals surface area contributed by atoms with E-state index in [9.17, 15) is 4.79 Å². The van der Waals surface area contributed by atoms with Gasteiger partial charge in [0.1, 0.15) is 0 Å². The first kappa shape index (κ1) is 8.95. The fourth-order valence-electron chi connectivity index (χ4n) is 1.80. The molecule has 1 nitrogen and oxygen atoms in total. The maximum absolute atomic E-state index is 11.8. The number of carbonyl (C=O) groups excluding carboxylic acids is 1. The highest BCUT2D eigenvalue weighted by Gasteiger charge is 2.25. The van der Waals surface area contributed by atoms with Crippen molar-refractivity contribution in [1.29, 1.82) is 0 Å². The molecule has 0 aromatic carbocycles. The van der Waals surface area contributed by atoms with Gasteiger partial charge in [-0.2, -0.15) is 0 Å². The molecule has 0 saturated heterocycles. The van der Waals surface area contributed by atoms with E-state index in [4.69, 9.17) is 0 Å². The van der Waals surface area contributed by atoms with Gasteiger partial charge >= 0.3 is 0 Å². The number of fused-ring (bicyclic) bond motifs is 1. The molecule has 0 bridgehead atoms. The molecule has 2 heteroatoms. The SMILES string of the molecule is CCc1cc2c(s1)CCC(C)C2=O. The van der Waals surface area contributed by atoms with Crippen LogP contribution in [0, 0.1) is 5.92 Å². The zero-order valence-electron chi connectivity index (χ0n) is 8.09. The third-order valence-electron chi connectivity index (χ3n) is 2.73. The van der Waals surface area contributed by atoms with Gasteiger partial charge in [-0.15, -0.1) is 11.3 Å². The molecule has 1 aromatic heterocycles. The number of carbonyl (C=O) groups is 1. The summed E-state index contributed by atoms with van der Waals surface area (Å²) in [6, 6.07) is 2.10. The van der Waals surface area contributed by atoms with Gasteiger partial charge in [-0.1, -0.05) is 13.8 Å². The first-order valence-corrected chi connectivity index (χ1v) is 5.69. The summed E-state index contributed by atoms with van der Waals surface area (Å²) in [6.45, 7) is 4.18. The van der Waals surface area contributed by atoms with Crippen LogP contribution >= 0.6 is 11.3 Å². The molecule has 1 heterocycles. The average Bonchev–Trinajstić information content (AvgIpc) is 2.55. The number of thiophene rings is 1. The van der Waals surface area contributed by atoms with Crippen LogP contribution in [0.15, 0.2) is 6.07 Å². The summed E-state index contributed by atoms with van der Waals surface area (Å²) in [4.78, 5) is 14.4. The molecule has 1 atom stereocenters. The van der Waals surface area contributed by atoms with E-state index < -0.39 is 0 Å². The zero-order valence-corrected chi connectivity index (χ0v) is 8.91. The van der Waals surface area contributed by atoms with Crippen molar-refractivity contribution < 1.29 is 4.79 Å². The quantitative estimate of drug-likeness (QED) is 0.671. The molecular formula is C11H14OS. The molecule has 13 heavy (non-hydrogen) atoms. The van der Waals surface area contributed by atoms with E-state index in [1.807, 2.05) is 18.3 Å². The van der Waals surface area contributed by atoms with Crippen LogP contribution < -0.4 is 0 Å². The molecule has 0 N–H and O–H groups in total. The molecule has 1 aromatic rings. The lowest BCUT2D eigenvalue weighted by atomic mass is 9.88. The van der Waals surface area contributed by atoms with E-state index in [1.165, 1.54) is 9.75 Å². The Morgan fingerprint density at radius 1 is 1.62 bits per heavy atom. The van der Waals surface area contributed by atoms with Crippen molar-refractivity contribution in [2.45, 2.75) is 33.1 Å². The molecule has 1 aliphatic carbocycles. The van der Waals surface area contributed by atoms with E-state index in [-0.39, 0.29) is 5.92 Å². The van der Waals surface area contributed by atoms with Gasteiger partial charge in [0.05, 0.1) is 0 Å². The Hall–Kier alpha value is -0.630. The highest BCUT2D eigenvalue weighted by Crippen LogP contribution is 2.32. The molecule has 0 aliphatic heterocycles. The van der Waals surface area contributed by atoms with Crippen LogP contribution in [-0.4, -0.2) is 5.78 Å². The Kier molecular flexibility index (Phi) is 2.24. The molecule has 1 aliphatic rings.